The highest BCUT2D eigenvalue weighted by atomic mass is 35.5. The molecular formula is C18H14Cl2O2S. The van der Waals surface area contributed by atoms with Crippen molar-refractivity contribution in [3.8, 4) is 10.4 Å². The number of thiophene rings is 1. The second-order valence-corrected chi connectivity index (χ2v) is 6.85. The van der Waals surface area contributed by atoms with E-state index in [9.17, 15) is 4.79 Å². The highest BCUT2D eigenvalue weighted by Gasteiger charge is 2.16. The van der Waals surface area contributed by atoms with Crippen molar-refractivity contribution in [2.75, 3.05) is 6.61 Å². The first kappa shape index (κ1) is 16.3. The first-order valence-electron chi connectivity index (χ1n) is 7.21. The fraction of sp³-hybridized carbons (Fsp3) is 0.167. The van der Waals surface area contributed by atoms with Gasteiger partial charge in [0.05, 0.1) is 27.8 Å². The number of rotatable bonds is 4. The Bertz CT molecular complexity index is 856. The van der Waals surface area contributed by atoms with Gasteiger partial charge < -0.3 is 4.74 Å². The third-order valence-corrected chi connectivity index (χ3v) is 5.70. The average Bonchev–Trinajstić information content (AvgIpc) is 2.97. The Morgan fingerprint density at radius 2 is 1.87 bits per heavy atom. The highest BCUT2D eigenvalue weighted by Crippen LogP contribution is 2.42. The van der Waals surface area contributed by atoms with E-state index in [0.29, 0.717) is 22.2 Å². The number of benzene rings is 2. The molecule has 0 fully saturated rings. The topological polar surface area (TPSA) is 26.3 Å². The summed E-state index contributed by atoms with van der Waals surface area (Å²) in [5.41, 5.74) is 1.83. The Balaban J connectivity index is 2.05. The van der Waals surface area contributed by atoms with Crippen LogP contribution in [0.25, 0.3) is 20.5 Å². The summed E-state index contributed by atoms with van der Waals surface area (Å²) in [6.07, 6.45) is 0.124. The van der Waals surface area contributed by atoms with Gasteiger partial charge in [0, 0.05) is 4.88 Å². The van der Waals surface area contributed by atoms with Crippen molar-refractivity contribution in [1.29, 1.82) is 0 Å². The number of carbonyl (C=O) groups is 1. The van der Waals surface area contributed by atoms with Crippen LogP contribution in [0.1, 0.15) is 12.5 Å². The zero-order valence-corrected chi connectivity index (χ0v) is 14.8. The first-order valence-corrected chi connectivity index (χ1v) is 8.79. The van der Waals surface area contributed by atoms with Gasteiger partial charge in [0.1, 0.15) is 0 Å². The van der Waals surface area contributed by atoms with Crippen molar-refractivity contribution in [2.24, 2.45) is 0 Å². The van der Waals surface area contributed by atoms with Gasteiger partial charge in [-0.25, -0.2) is 0 Å². The van der Waals surface area contributed by atoms with E-state index in [1.807, 2.05) is 24.3 Å². The minimum atomic E-state index is -0.302. The summed E-state index contributed by atoms with van der Waals surface area (Å²) in [6, 6.07) is 14.1. The van der Waals surface area contributed by atoms with Crippen LogP contribution in [-0.4, -0.2) is 12.6 Å². The van der Waals surface area contributed by atoms with Crippen LogP contribution in [-0.2, 0) is 16.0 Å². The Morgan fingerprint density at radius 3 is 2.57 bits per heavy atom. The lowest BCUT2D eigenvalue weighted by Crippen LogP contribution is -2.07. The third kappa shape index (κ3) is 3.37. The van der Waals surface area contributed by atoms with Crippen molar-refractivity contribution >= 4 is 50.6 Å². The molecule has 0 N–H and O–H groups in total. The quantitative estimate of drug-likeness (QED) is 0.532. The van der Waals surface area contributed by atoms with Crippen molar-refractivity contribution in [3.63, 3.8) is 0 Å². The molecule has 3 rings (SSSR count). The number of hydrogen-bond acceptors (Lipinski definition) is 3. The summed E-state index contributed by atoms with van der Waals surface area (Å²) in [7, 11) is 0. The van der Waals surface area contributed by atoms with Crippen LogP contribution in [0.5, 0.6) is 0 Å². The molecule has 0 radical (unpaired) electrons. The molecule has 0 aliphatic rings. The molecule has 2 nitrogen and oxygen atoms in total. The Labute approximate surface area is 148 Å². The Hall–Kier alpha value is -1.55. The molecule has 0 aliphatic heterocycles. The van der Waals surface area contributed by atoms with Crippen LogP contribution >= 0.6 is 34.5 Å². The van der Waals surface area contributed by atoms with Crippen molar-refractivity contribution in [1.82, 2.24) is 0 Å². The summed E-state index contributed by atoms with van der Waals surface area (Å²) >= 11 is 14.4. The van der Waals surface area contributed by atoms with E-state index in [1.54, 1.807) is 18.3 Å². The molecule has 1 heterocycles. The highest BCUT2D eigenvalue weighted by molar-refractivity contribution is 7.23. The normalized spacial score (nSPS) is 10.9. The summed E-state index contributed by atoms with van der Waals surface area (Å²) in [6.45, 7) is 2.13. The van der Waals surface area contributed by atoms with Gasteiger partial charge in [0.15, 0.2) is 0 Å². The Kier molecular flexibility index (Phi) is 4.90. The smallest absolute Gasteiger partial charge is 0.310 e. The first-order chi connectivity index (χ1) is 11.1. The molecule has 2 aromatic carbocycles. The molecule has 0 spiro atoms. The molecule has 0 amide bonds. The van der Waals surface area contributed by atoms with Crippen LogP contribution in [0.2, 0.25) is 10.0 Å². The SMILES string of the molecule is CCOC(=O)Cc1cc2cc(-c3ccccc3)sc2c(Cl)c1Cl. The zero-order valence-electron chi connectivity index (χ0n) is 12.4. The Morgan fingerprint density at radius 1 is 1.13 bits per heavy atom. The number of ether oxygens (including phenoxy) is 1. The number of halogens is 2. The van der Waals surface area contributed by atoms with E-state index < -0.39 is 0 Å². The molecule has 0 bridgehead atoms. The van der Waals surface area contributed by atoms with E-state index in [-0.39, 0.29) is 12.4 Å². The van der Waals surface area contributed by atoms with E-state index in [1.165, 1.54) is 0 Å². The van der Waals surface area contributed by atoms with Crippen molar-refractivity contribution in [2.45, 2.75) is 13.3 Å². The largest absolute Gasteiger partial charge is 0.466 e. The predicted octanol–water partition coefficient (Wildman–Crippen LogP) is 5.98. The summed E-state index contributed by atoms with van der Waals surface area (Å²) in [5, 5.41) is 1.91. The average molecular weight is 365 g/mol. The van der Waals surface area contributed by atoms with Crippen molar-refractivity contribution < 1.29 is 9.53 Å². The molecule has 0 unspecified atom stereocenters. The lowest BCUT2D eigenvalue weighted by atomic mass is 10.1. The molecule has 0 saturated carbocycles. The van der Waals surface area contributed by atoms with Crippen LogP contribution in [0.4, 0.5) is 0 Å². The molecular weight excluding hydrogens is 351 g/mol. The number of esters is 1. The van der Waals surface area contributed by atoms with Crippen LogP contribution in [0, 0.1) is 0 Å². The summed E-state index contributed by atoms with van der Waals surface area (Å²) < 4.78 is 5.92. The number of hydrogen-bond donors (Lipinski definition) is 0. The maximum Gasteiger partial charge on any atom is 0.310 e. The monoisotopic (exact) mass is 364 g/mol. The molecule has 1 aromatic heterocycles. The fourth-order valence-corrected chi connectivity index (χ4v) is 4.12. The van der Waals surface area contributed by atoms with Crippen molar-refractivity contribution in [3.05, 3.63) is 58.1 Å². The maximum atomic E-state index is 11.7. The second kappa shape index (κ2) is 6.91. The van der Waals surface area contributed by atoms with E-state index >= 15 is 0 Å². The molecule has 3 aromatic rings. The molecule has 5 heteroatoms. The fourth-order valence-electron chi connectivity index (χ4n) is 2.42. The lowest BCUT2D eigenvalue weighted by molar-refractivity contribution is -0.142. The zero-order chi connectivity index (χ0) is 16.4. The standard InChI is InChI=1S/C18H14Cl2O2S/c1-2-22-15(21)10-12-8-13-9-14(11-6-4-3-5-7-11)23-18(13)17(20)16(12)19/h3-9H,2,10H2,1H3. The van der Waals surface area contributed by atoms with Gasteiger partial charge in [0.25, 0.3) is 0 Å². The van der Waals surface area contributed by atoms with E-state index in [2.05, 4.69) is 18.2 Å². The van der Waals surface area contributed by atoms with Gasteiger partial charge in [-0.3, -0.25) is 4.79 Å². The van der Waals surface area contributed by atoms with Crippen LogP contribution in [0.3, 0.4) is 0 Å². The van der Waals surface area contributed by atoms with Crippen LogP contribution in [0.15, 0.2) is 42.5 Å². The van der Waals surface area contributed by atoms with E-state index in [4.69, 9.17) is 27.9 Å². The van der Waals surface area contributed by atoms with Crippen LogP contribution < -0.4 is 0 Å². The maximum absolute atomic E-state index is 11.7. The molecule has 23 heavy (non-hydrogen) atoms. The molecule has 118 valence electrons. The molecule has 0 atom stereocenters. The summed E-state index contributed by atoms with van der Waals surface area (Å²) in [5.74, 6) is -0.302. The van der Waals surface area contributed by atoms with Gasteiger partial charge in [-0.15, -0.1) is 11.3 Å². The minimum absolute atomic E-state index is 0.124. The van der Waals surface area contributed by atoms with Gasteiger partial charge >= 0.3 is 5.97 Å². The lowest BCUT2D eigenvalue weighted by Gasteiger charge is -2.07. The van der Waals surface area contributed by atoms with E-state index in [0.717, 1.165) is 20.5 Å². The third-order valence-electron chi connectivity index (χ3n) is 3.46. The van der Waals surface area contributed by atoms with Gasteiger partial charge in [-0.1, -0.05) is 53.5 Å². The van der Waals surface area contributed by atoms with Gasteiger partial charge in [0.2, 0.25) is 0 Å². The van der Waals surface area contributed by atoms with Gasteiger partial charge in [-0.2, -0.15) is 0 Å². The van der Waals surface area contributed by atoms with Gasteiger partial charge in [-0.05, 0) is 35.6 Å². The second-order valence-electron chi connectivity index (χ2n) is 5.04. The summed E-state index contributed by atoms with van der Waals surface area (Å²) in [4.78, 5) is 12.8. The predicted molar refractivity (Wildman–Crippen MR) is 97.6 cm³/mol. The molecule has 0 saturated heterocycles. The molecule has 0 aliphatic carbocycles. The number of carbonyl (C=O) groups excluding carboxylic acids is 1. The minimum Gasteiger partial charge on any atom is -0.466 e. The number of fused-ring (bicyclic) bond motifs is 1.